The summed E-state index contributed by atoms with van der Waals surface area (Å²) in [6.45, 7) is 5.78. The minimum Gasteiger partial charge on any atom is -0.374 e. The molecule has 5 atom stereocenters. The molecule has 0 aromatic rings. The molecule has 1 nitrogen and oxygen atoms in total. The van der Waals surface area contributed by atoms with Crippen molar-refractivity contribution in [3.05, 3.63) is 12.2 Å². The van der Waals surface area contributed by atoms with Crippen molar-refractivity contribution < 1.29 is 4.74 Å². The van der Waals surface area contributed by atoms with Crippen LogP contribution in [-0.4, -0.2) is 12.7 Å². The average molecular weight is 206 g/mol. The molecule has 2 fully saturated rings. The second kappa shape index (κ2) is 3.35. The highest BCUT2D eigenvalue weighted by Crippen LogP contribution is 2.60. The third kappa shape index (κ3) is 1.56. The van der Waals surface area contributed by atoms with E-state index in [0.717, 1.165) is 30.8 Å². The molecular formula is C14H22O. The van der Waals surface area contributed by atoms with Gasteiger partial charge in [-0.15, -0.1) is 0 Å². The first-order chi connectivity index (χ1) is 7.18. The number of hydrogen-bond acceptors (Lipinski definition) is 1. The first-order valence-corrected chi connectivity index (χ1v) is 6.45. The summed E-state index contributed by atoms with van der Waals surface area (Å²) in [5, 5.41) is 0. The first kappa shape index (κ1) is 9.89. The van der Waals surface area contributed by atoms with Gasteiger partial charge in [0, 0.05) is 0 Å². The van der Waals surface area contributed by atoms with Gasteiger partial charge in [-0.3, -0.25) is 0 Å². The molecule has 0 radical (unpaired) electrons. The zero-order chi connectivity index (χ0) is 10.5. The molecule has 0 saturated heterocycles. The maximum atomic E-state index is 5.92. The first-order valence-electron chi connectivity index (χ1n) is 6.45. The fraction of sp³-hybridized carbons (Fsp3) is 0.857. The number of ether oxygens (including phenoxy) is 1. The van der Waals surface area contributed by atoms with Gasteiger partial charge in [-0.1, -0.05) is 26.0 Å². The van der Waals surface area contributed by atoms with Crippen LogP contribution in [0.15, 0.2) is 12.2 Å². The summed E-state index contributed by atoms with van der Waals surface area (Å²) in [6, 6.07) is 0. The molecule has 0 amide bonds. The molecule has 2 saturated carbocycles. The number of rotatable bonds is 1. The van der Waals surface area contributed by atoms with Gasteiger partial charge in [0.15, 0.2) is 0 Å². The van der Waals surface area contributed by atoms with Gasteiger partial charge < -0.3 is 4.74 Å². The van der Waals surface area contributed by atoms with Crippen LogP contribution in [0.4, 0.5) is 0 Å². The van der Waals surface area contributed by atoms with Crippen molar-refractivity contribution in [2.45, 2.75) is 45.6 Å². The monoisotopic (exact) mass is 206 g/mol. The Hall–Kier alpha value is -0.300. The Labute approximate surface area is 92.9 Å². The second-order valence-corrected chi connectivity index (χ2v) is 6.31. The van der Waals surface area contributed by atoms with Gasteiger partial charge >= 0.3 is 0 Å². The van der Waals surface area contributed by atoms with Crippen LogP contribution in [0.1, 0.15) is 39.5 Å². The van der Waals surface area contributed by atoms with E-state index in [0.29, 0.717) is 11.5 Å². The van der Waals surface area contributed by atoms with E-state index < -0.39 is 0 Å². The van der Waals surface area contributed by atoms with Gasteiger partial charge in [-0.25, -0.2) is 0 Å². The highest BCUT2D eigenvalue weighted by molar-refractivity contribution is 5.05. The van der Waals surface area contributed by atoms with E-state index in [9.17, 15) is 0 Å². The van der Waals surface area contributed by atoms with Crippen LogP contribution in [0.3, 0.4) is 0 Å². The van der Waals surface area contributed by atoms with Gasteiger partial charge in [-0.05, 0) is 48.9 Å². The molecule has 0 spiro atoms. The maximum Gasteiger partial charge on any atom is 0.0651 e. The predicted molar refractivity (Wildman–Crippen MR) is 61.6 cm³/mol. The van der Waals surface area contributed by atoms with Crippen LogP contribution in [-0.2, 0) is 4.74 Å². The van der Waals surface area contributed by atoms with Crippen molar-refractivity contribution in [3.63, 3.8) is 0 Å². The largest absolute Gasteiger partial charge is 0.374 e. The summed E-state index contributed by atoms with van der Waals surface area (Å²) in [6.07, 6.45) is 10.5. The molecule has 1 heteroatoms. The molecule has 2 aliphatic carbocycles. The van der Waals surface area contributed by atoms with E-state index in [-0.39, 0.29) is 0 Å². The van der Waals surface area contributed by atoms with Crippen molar-refractivity contribution in [3.8, 4) is 0 Å². The van der Waals surface area contributed by atoms with Crippen molar-refractivity contribution in [2.75, 3.05) is 6.61 Å². The van der Waals surface area contributed by atoms with E-state index in [1.54, 1.807) is 0 Å². The normalized spacial score (nSPS) is 53.7. The van der Waals surface area contributed by atoms with Crippen LogP contribution < -0.4 is 0 Å². The summed E-state index contributed by atoms with van der Waals surface area (Å²) in [7, 11) is 0. The molecule has 0 aromatic heterocycles. The van der Waals surface area contributed by atoms with E-state index >= 15 is 0 Å². The van der Waals surface area contributed by atoms with Crippen LogP contribution in [0, 0.1) is 23.2 Å². The zero-order valence-corrected chi connectivity index (χ0v) is 9.91. The standard InChI is InChI=1S/C14H22O/c1-10-7-14(2)8-11(10)12(9-14)13-5-3-4-6-15-13/h3-4,10-13H,5-9H2,1-2H3. The van der Waals surface area contributed by atoms with Gasteiger partial charge in [-0.2, -0.15) is 0 Å². The minimum absolute atomic E-state index is 0.532. The Morgan fingerprint density at radius 2 is 1.93 bits per heavy atom. The van der Waals surface area contributed by atoms with Crippen LogP contribution in [0.5, 0.6) is 0 Å². The third-order valence-corrected chi connectivity index (χ3v) is 4.97. The molecule has 84 valence electrons. The number of fused-ring (bicyclic) bond motifs is 2. The van der Waals surface area contributed by atoms with Crippen LogP contribution in [0.25, 0.3) is 0 Å². The lowest BCUT2D eigenvalue weighted by Gasteiger charge is -2.36. The van der Waals surface area contributed by atoms with E-state index in [1.165, 1.54) is 19.3 Å². The van der Waals surface area contributed by atoms with Crippen molar-refractivity contribution >= 4 is 0 Å². The summed E-state index contributed by atoms with van der Waals surface area (Å²) in [4.78, 5) is 0. The molecule has 3 rings (SSSR count). The summed E-state index contributed by atoms with van der Waals surface area (Å²) < 4.78 is 5.92. The smallest absolute Gasteiger partial charge is 0.0651 e. The SMILES string of the molecule is CC1CC2(C)CC1C(C1CC=CCO1)C2. The Kier molecular flexibility index (Phi) is 2.21. The Bertz CT molecular complexity index is 283. The van der Waals surface area contributed by atoms with Crippen LogP contribution >= 0.6 is 0 Å². The Morgan fingerprint density at radius 1 is 1.13 bits per heavy atom. The quantitative estimate of drug-likeness (QED) is 0.597. The third-order valence-electron chi connectivity index (χ3n) is 4.97. The maximum absolute atomic E-state index is 5.92. The lowest BCUT2D eigenvalue weighted by Crippen LogP contribution is -2.33. The summed E-state index contributed by atoms with van der Waals surface area (Å²) in [5.41, 5.74) is 0.652. The molecule has 3 aliphatic rings. The molecule has 1 aliphatic heterocycles. The summed E-state index contributed by atoms with van der Waals surface area (Å²) in [5.74, 6) is 2.73. The van der Waals surface area contributed by atoms with E-state index in [1.807, 2.05) is 0 Å². The summed E-state index contributed by atoms with van der Waals surface area (Å²) >= 11 is 0. The molecule has 0 aromatic carbocycles. The fourth-order valence-electron chi connectivity index (χ4n) is 4.49. The van der Waals surface area contributed by atoms with Crippen molar-refractivity contribution in [1.82, 2.24) is 0 Å². The lowest BCUT2D eigenvalue weighted by atomic mass is 9.74. The van der Waals surface area contributed by atoms with Gasteiger partial charge in [0.1, 0.15) is 0 Å². The van der Waals surface area contributed by atoms with Gasteiger partial charge in [0.05, 0.1) is 12.7 Å². The van der Waals surface area contributed by atoms with Crippen molar-refractivity contribution in [1.29, 1.82) is 0 Å². The molecule has 0 N–H and O–H groups in total. The molecule has 15 heavy (non-hydrogen) atoms. The van der Waals surface area contributed by atoms with Gasteiger partial charge in [0.2, 0.25) is 0 Å². The lowest BCUT2D eigenvalue weighted by molar-refractivity contribution is -0.00921. The minimum atomic E-state index is 0.532. The topological polar surface area (TPSA) is 9.23 Å². The molecule has 5 unspecified atom stereocenters. The van der Waals surface area contributed by atoms with Crippen molar-refractivity contribution in [2.24, 2.45) is 23.2 Å². The molecular weight excluding hydrogens is 184 g/mol. The number of hydrogen-bond donors (Lipinski definition) is 0. The highest BCUT2D eigenvalue weighted by atomic mass is 16.5. The highest BCUT2D eigenvalue weighted by Gasteiger charge is 2.53. The zero-order valence-electron chi connectivity index (χ0n) is 9.91. The Morgan fingerprint density at radius 3 is 2.53 bits per heavy atom. The molecule has 2 bridgehead atoms. The average Bonchev–Trinajstić information content (AvgIpc) is 2.71. The fourth-order valence-corrected chi connectivity index (χ4v) is 4.49. The van der Waals surface area contributed by atoms with E-state index in [2.05, 4.69) is 26.0 Å². The van der Waals surface area contributed by atoms with Gasteiger partial charge in [0.25, 0.3) is 0 Å². The van der Waals surface area contributed by atoms with E-state index in [4.69, 9.17) is 4.74 Å². The predicted octanol–water partition coefficient (Wildman–Crippen LogP) is 3.40. The second-order valence-electron chi connectivity index (χ2n) is 6.31. The molecule has 1 heterocycles. The van der Waals surface area contributed by atoms with Crippen LogP contribution in [0.2, 0.25) is 0 Å². The Balaban J connectivity index is 1.76.